The van der Waals surface area contributed by atoms with Gasteiger partial charge in [0.05, 0.1) is 11.1 Å². The highest BCUT2D eigenvalue weighted by atomic mass is 16.6. The Balaban J connectivity index is 1.55. The Morgan fingerprint density at radius 3 is 1.15 bits per heavy atom. The molecule has 10 nitrogen and oxygen atoms in total. The molecule has 0 radical (unpaired) electrons. The highest BCUT2D eigenvalue weighted by Crippen LogP contribution is 2.41. The minimum absolute atomic E-state index is 0.0692. The molecule has 4 aromatic carbocycles. The third kappa shape index (κ3) is 20.9. The number of carbonyl (C=O) groups excluding carboxylic acids is 4. The topological polar surface area (TPSA) is 143 Å². The average molecular weight is 937 g/mol. The summed E-state index contributed by atoms with van der Waals surface area (Å²) in [5.74, 6) is -3.87. The molecular formula is C58H80O10. The van der Waals surface area contributed by atoms with Crippen LogP contribution in [-0.2, 0) is 14.4 Å². The number of carboxylic acids is 1. The standard InChI is InChI=1S/C58H80O10/c1-4-7-10-13-16-19-22-25-28-31-53(59)66-51-42-49(58(64)65-50-37-36-45-38-47-40-46(57(62)63)35-34-44(47)39-48(45)41-50)43-52(67-54(60)32-29-26-23-20-17-14-11-8-5-2)56(51)68-55(61)33-30-27-24-21-18-15-12-9-6-3/h34-43H,4-33H2,1-3H3,(H,62,63). The fourth-order valence-electron chi connectivity index (χ4n) is 8.54. The smallest absolute Gasteiger partial charge is 0.343 e. The second-order valence-corrected chi connectivity index (χ2v) is 18.6. The summed E-state index contributed by atoms with van der Waals surface area (Å²) in [6.45, 7) is 6.61. The first-order valence-corrected chi connectivity index (χ1v) is 26.3. The lowest BCUT2D eigenvalue weighted by atomic mass is 10.0. The number of rotatable bonds is 36. The van der Waals surface area contributed by atoms with E-state index in [0.717, 1.165) is 79.3 Å². The molecule has 0 saturated carbocycles. The normalized spacial score (nSPS) is 11.2. The second-order valence-electron chi connectivity index (χ2n) is 18.6. The van der Waals surface area contributed by atoms with E-state index in [1.54, 1.807) is 36.4 Å². The quantitative estimate of drug-likeness (QED) is 0.0203. The molecule has 0 unspecified atom stereocenters. The van der Waals surface area contributed by atoms with Gasteiger partial charge in [0.25, 0.3) is 0 Å². The van der Waals surface area contributed by atoms with E-state index in [2.05, 4.69) is 20.8 Å². The van der Waals surface area contributed by atoms with Crippen molar-refractivity contribution in [1.82, 2.24) is 0 Å². The summed E-state index contributed by atoms with van der Waals surface area (Å²) in [6, 6.07) is 16.4. The summed E-state index contributed by atoms with van der Waals surface area (Å²) in [5.41, 5.74) is 0.115. The monoisotopic (exact) mass is 937 g/mol. The third-order valence-corrected chi connectivity index (χ3v) is 12.6. The van der Waals surface area contributed by atoms with Crippen molar-refractivity contribution in [3.05, 3.63) is 71.8 Å². The SMILES string of the molecule is CCCCCCCCCCCC(=O)Oc1cc(C(=O)Oc2ccc3cc4cc(C(=O)O)ccc4cc3c2)cc(OC(=O)CCCCCCCCCCC)c1OC(=O)CCCCCCCCCCC. The molecule has 1 N–H and O–H groups in total. The molecule has 0 aliphatic rings. The molecule has 0 atom stereocenters. The van der Waals surface area contributed by atoms with Crippen LogP contribution in [0.5, 0.6) is 23.0 Å². The van der Waals surface area contributed by atoms with Gasteiger partial charge in [-0.15, -0.1) is 0 Å². The van der Waals surface area contributed by atoms with Gasteiger partial charge in [0.15, 0.2) is 11.5 Å². The van der Waals surface area contributed by atoms with Gasteiger partial charge in [-0.25, -0.2) is 9.59 Å². The van der Waals surface area contributed by atoms with Gasteiger partial charge in [-0.2, -0.15) is 0 Å². The van der Waals surface area contributed by atoms with E-state index >= 15 is 0 Å². The van der Waals surface area contributed by atoms with Crippen LogP contribution in [0.3, 0.4) is 0 Å². The van der Waals surface area contributed by atoms with E-state index in [9.17, 15) is 29.1 Å². The molecule has 4 rings (SSSR count). The zero-order valence-electron chi connectivity index (χ0n) is 41.6. The predicted octanol–water partition coefficient (Wildman–Crippen LogP) is 16.4. The van der Waals surface area contributed by atoms with Crippen LogP contribution in [0.1, 0.15) is 234 Å². The molecule has 0 saturated heterocycles. The maximum absolute atomic E-state index is 14.0. The van der Waals surface area contributed by atoms with Crippen molar-refractivity contribution in [3.63, 3.8) is 0 Å². The van der Waals surface area contributed by atoms with Crippen LogP contribution >= 0.6 is 0 Å². The van der Waals surface area contributed by atoms with Crippen molar-refractivity contribution >= 4 is 51.4 Å². The van der Waals surface area contributed by atoms with E-state index in [4.69, 9.17) is 18.9 Å². The summed E-state index contributed by atoms with van der Waals surface area (Å²) in [6.07, 6.45) is 29.5. The van der Waals surface area contributed by atoms with Crippen LogP contribution in [0.2, 0.25) is 0 Å². The maximum Gasteiger partial charge on any atom is 0.343 e. The zero-order chi connectivity index (χ0) is 48.8. The van der Waals surface area contributed by atoms with Gasteiger partial charge in [0, 0.05) is 19.3 Å². The van der Waals surface area contributed by atoms with Crippen molar-refractivity contribution in [3.8, 4) is 23.0 Å². The number of hydrogen-bond acceptors (Lipinski definition) is 9. The minimum atomic E-state index is -1.01. The Hall–Kier alpha value is -5.25. The molecule has 0 amide bonds. The highest BCUT2D eigenvalue weighted by molar-refractivity contribution is 6.02. The molecule has 0 aliphatic heterocycles. The van der Waals surface area contributed by atoms with Crippen molar-refractivity contribution in [1.29, 1.82) is 0 Å². The fourth-order valence-corrected chi connectivity index (χ4v) is 8.54. The lowest BCUT2D eigenvalue weighted by Crippen LogP contribution is -2.17. The molecular weight excluding hydrogens is 857 g/mol. The molecule has 0 fully saturated rings. The predicted molar refractivity (Wildman–Crippen MR) is 272 cm³/mol. The lowest BCUT2D eigenvalue weighted by Gasteiger charge is -2.17. The van der Waals surface area contributed by atoms with Crippen LogP contribution < -0.4 is 18.9 Å². The van der Waals surface area contributed by atoms with Gasteiger partial charge >= 0.3 is 29.8 Å². The van der Waals surface area contributed by atoms with Crippen molar-refractivity contribution in [2.45, 2.75) is 213 Å². The van der Waals surface area contributed by atoms with Crippen LogP contribution in [0.4, 0.5) is 0 Å². The summed E-state index contributed by atoms with van der Waals surface area (Å²) in [4.78, 5) is 66.0. The van der Waals surface area contributed by atoms with Gasteiger partial charge in [-0.1, -0.05) is 187 Å². The Bertz CT molecular complexity index is 2120. The highest BCUT2D eigenvalue weighted by Gasteiger charge is 2.26. The molecule has 0 bridgehead atoms. The Labute approximate surface area is 406 Å². The summed E-state index contributed by atoms with van der Waals surface area (Å²) in [7, 11) is 0. The third-order valence-electron chi connectivity index (χ3n) is 12.6. The fraction of sp³-hybridized carbons (Fsp3) is 0.569. The maximum atomic E-state index is 14.0. The van der Waals surface area contributed by atoms with E-state index < -0.39 is 29.8 Å². The number of ether oxygens (including phenoxy) is 4. The van der Waals surface area contributed by atoms with E-state index in [-0.39, 0.29) is 53.4 Å². The van der Waals surface area contributed by atoms with Gasteiger partial charge < -0.3 is 24.1 Å². The summed E-state index contributed by atoms with van der Waals surface area (Å²) >= 11 is 0. The van der Waals surface area contributed by atoms with Crippen molar-refractivity contribution in [2.24, 2.45) is 0 Å². The summed E-state index contributed by atoms with van der Waals surface area (Å²) < 4.78 is 23.6. The lowest BCUT2D eigenvalue weighted by molar-refractivity contribution is -0.138. The molecule has 68 heavy (non-hydrogen) atoms. The van der Waals surface area contributed by atoms with E-state index in [1.165, 1.54) is 108 Å². The molecule has 0 heterocycles. The Morgan fingerprint density at radius 2 is 0.735 bits per heavy atom. The first-order valence-electron chi connectivity index (χ1n) is 26.3. The number of hydrogen-bond donors (Lipinski definition) is 1. The number of carbonyl (C=O) groups is 5. The molecule has 0 spiro atoms. The van der Waals surface area contributed by atoms with Gasteiger partial charge in [0.2, 0.25) is 5.75 Å². The van der Waals surface area contributed by atoms with E-state index in [1.807, 2.05) is 12.1 Å². The second kappa shape index (κ2) is 32.5. The van der Waals surface area contributed by atoms with Crippen LogP contribution in [0, 0.1) is 0 Å². The molecule has 0 aromatic heterocycles. The number of aromatic carboxylic acids is 1. The van der Waals surface area contributed by atoms with Crippen LogP contribution in [0.25, 0.3) is 21.5 Å². The number of benzene rings is 4. The van der Waals surface area contributed by atoms with Gasteiger partial charge in [-0.05, 0) is 89.3 Å². The molecule has 0 aliphatic carbocycles. The molecule has 4 aromatic rings. The number of esters is 4. The Kier molecular flexibility index (Phi) is 26.4. The average Bonchev–Trinajstić information content (AvgIpc) is 3.32. The van der Waals surface area contributed by atoms with Crippen molar-refractivity contribution in [2.75, 3.05) is 0 Å². The zero-order valence-corrected chi connectivity index (χ0v) is 41.6. The first-order chi connectivity index (χ1) is 33.1. The largest absolute Gasteiger partial charge is 0.478 e. The van der Waals surface area contributed by atoms with Gasteiger partial charge in [-0.3, -0.25) is 14.4 Å². The minimum Gasteiger partial charge on any atom is -0.478 e. The van der Waals surface area contributed by atoms with Crippen LogP contribution in [-0.4, -0.2) is 35.0 Å². The number of unbranched alkanes of at least 4 members (excludes halogenated alkanes) is 24. The van der Waals surface area contributed by atoms with Gasteiger partial charge in [0.1, 0.15) is 5.75 Å². The summed E-state index contributed by atoms with van der Waals surface area (Å²) in [5, 5.41) is 12.6. The first kappa shape index (κ1) is 55.3. The van der Waals surface area contributed by atoms with Crippen LogP contribution in [0.15, 0.2) is 60.7 Å². The Morgan fingerprint density at radius 1 is 0.368 bits per heavy atom. The van der Waals surface area contributed by atoms with Crippen molar-refractivity contribution < 1.29 is 48.0 Å². The number of fused-ring (bicyclic) bond motifs is 2. The molecule has 372 valence electrons. The molecule has 10 heteroatoms. The van der Waals surface area contributed by atoms with E-state index in [0.29, 0.717) is 19.3 Å². The number of carboxylic acid groups (broad SMARTS) is 1.